The molecule has 6 N–H and O–H groups in total. The summed E-state index contributed by atoms with van der Waals surface area (Å²) in [4.78, 5) is 85.9. The highest BCUT2D eigenvalue weighted by Crippen LogP contribution is 2.33. The molecule has 6 amide bonds. The van der Waals surface area contributed by atoms with Crippen LogP contribution in [-0.4, -0.2) is 138 Å². The lowest BCUT2D eigenvalue weighted by Gasteiger charge is -2.36. The van der Waals surface area contributed by atoms with E-state index >= 15 is 0 Å². The summed E-state index contributed by atoms with van der Waals surface area (Å²) >= 11 is 0. The number of fused-ring (bicyclic) bond motifs is 1. The number of nitrogens with zero attached hydrogens (tertiary/aromatic N) is 8. The first-order chi connectivity index (χ1) is 41.0. The number of carbonyl (C=O) groups excluding carboxylic acids is 6. The smallest absolute Gasteiger partial charge is 0.246 e. The van der Waals surface area contributed by atoms with Crippen molar-refractivity contribution in [2.45, 2.75) is 210 Å². The van der Waals surface area contributed by atoms with Crippen molar-refractivity contribution in [1.29, 1.82) is 0 Å². The van der Waals surface area contributed by atoms with Gasteiger partial charge in [0.05, 0.1) is 36.6 Å². The van der Waals surface area contributed by atoms with E-state index in [1.165, 1.54) is 35.4 Å². The van der Waals surface area contributed by atoms with Gasteiger partial charge >= 0.3 is 0 Å². The average molecular weight is 1170 g/mol. The number of likely N-dealkylation sites (N-methyl/N-ethyl adjacent to an activating group) is 2. The van der Waals surface area contributed by atoms with Crippen LogP contribution in [0.15, 0.2) is 85.2 Å². The third-order valence-electron chi connectivity index (χ3n) is 17.2. The SMILES string of the molecule is CCCC[C@H](NC(=O)[C@H](C)NC)C(=O)N1[C@@H](C)CC[C@H]1C(=O)N[C@@H](c1ccc(F)cc1)c1cn(CCCCc2ccc(CCCCn3cc([C@@H](NC(=O)[C@@H]4CC[C@@H]5CCCC[C@H](NC(=O)[C@H](C)NC)C(=O)N54)c4ccc(F)cc4)nn3)cc2)nn1. The Bertz CT molecular complexity index is 3010. The van der Waals surface area contributed by atoms with Gasteiger partial charge in [0.1, 0.15) is 47.2 Å². The maximum absolute atomic E-state index is 14.3. The fourth-order valence-electron chi connectivity index (χ4n) is 11.9. The molecule has 3 aliphatic heterocycles. The molecule has 0 radical (unpaired) electrons. The van der Waals surface area contributed by atoms with E-state index in [-0.39, 0.29) is 47.5 Å². The standard InChI is InChI=1S/C63H86F2N14O6/c1-7-8-18-50(68-58(80)41(3)66-5)62(84)78-40(2)20-34-54(78)60(82)70-56(45-25-29-47(64)30-26-45)52-38-76(74-72-52)36-13-11-15-43-21-23-44(24-22-43)16-12-14-37-77-39-53(73-75-77)57(46-27-31-48(65)32-28-46)71-61(83)55-35-33-49-17-9-10-19-51(63(85)79(49)55)69-59(81)42(4)67-6/h21-32,38-42,49-51,54-57,66-67H,7-20,33-37H2,1-6H3,(H,68,80)(H,69,81)(H,70,82)(H,71,83)/t40-,41-,42-,49-,50-,51-,54-,55-,56-,57-/m0/s1. The second kappa shape index (κ2) is 30.6. The summed E-state index contributed by atoms with van der Waals surface area (Å²) in [6.45, 7) is 8.59. The van der Waals surface area contributed by atoms with Crippen molar-refractivity contribution < 1.29 is 37.5 Å². The highest BCUT2D eigenvalue weighted by molar-refractivity contribution is 5.95. The van der Waals surface area contributed by atoms with Crippen LogP contribution in [0.2, 0.25) is 0 Å². The molecule has 0 aliphatic carbocycles. The summed E-state index contributed by atoms with van der Waals surface area (Å²) in [7, 11) is 3.37. The molecule has 0 bridgehead atoms. The highest BCUT2D eigenvalue weighted by atomic mass is 19.1. The largest absolute Gasteiger partial charge is 0.343 e. The molecular formula is C63H86F2N14O6. The molecule has 5 heterocycles. The molecule has 22 heteroatoms. The fraction of sp³-hybridized carbons (Fsp3) is 0.556. The first kappa shape index (κ1) is 63.6. The van der Waals surface area contributed by atoms with Gasteiger partial charge in [0.15, 0.2) is 0 Å². The van der Waals surface area contributed by atoms with Crippen LogP contribution in [0.3, 0.4) is 0 Å². The Morgan fingerprint density at radius 2 is 1.12 bits per heavy atom. The number of likely N-dealkylation sites (tertiary alicyclic amines) is 1. The number of halogens is 2. The zero-order valence-electron chi connectivity index (χ0n) is 50.1. The third kappa shape index (κ3) is 16.7. The first-order valence-electron chi connectivity index (χ1n) is 30.6. The number of hydrogen-bond donors (Lipinski definition) is 6. The molecule has 3 aliphatic rings. The average Bonchev–Trinajstić information content (AvgIpc) is 2.71. The van der Waals surface area contributed by atoms with Crippen molar-refractivity contribution in [2.75, 3.05) is 14.1 Å². The molecule has 85 heavy (non-hydrogen) atoms. The van der Waals surface area contributed by atoms with Gasteiger partial charge in [-0.1, -0.05) is 91.6 Å². The van der Waals surface area contributed by atoms with Gasteiger partial charge in [0, 0.05) is 25.2 Å². The molecule has 20 nitrogen and oxygen atoms in total. The maximum Gasteiger partial charge on any atom is 0.246 e. The van der Waals surface area contributed by atoms with E-state index in [4.69, 9.17) is 0 Å². The van der Waals surface area contributed by atoms with E-state index in [1.54, 1.807) is 77.6 Å². The number of benzene rings is 3. The molecule has 3 saturated heterocycles. The van der Waals surface area contributed by atoms with Gasteiger partial charge in [-0.3, -0.25) is 38.1 Å². The zero-order valence-corrected chi connectivity index (χ0v) is 50.1. The number of aryl methyl sites for hydroxylation is 4. The Balaban J connectivity index is 0.811. The zero-order chi connectivity index (χ0) is 60.6. The number of rotatable bonds is 28. The topological polar surface area (TPSA) is 242 Å². The van der Waals surface area contributed by atoms with E-state index in [1.807, 2.05) is 20.0 Å². The van der Waals surface area contributed by atoms with Crippen LogP contribution in [0.1, 0.15) is 170 Å². The highest BCUT2D eigenvalue weighted by Gasteiger charge is 2.45. The Kier molecular flexibility index (Phi) is 22.9. The number of amides is 6. The quantitative estimate of drug-likeness (QED) is 0.0303. The molecule has 0 saturated carbocycles. The van der Waals surface area contributed by atoms with E-state index in [9.17, 15) is 37.5 Å². The minimum atomic E-state index is -0.776. The van der Waals surface area contributed by atoms with Gasteiger partial charge < -0.3 is 41.7 Å². The van der Waals surface area contributed by atoms with Crippen LogP contribution in [0, 0.1) is 11.6 Å². The van der Waals surface area contributed by atoms with Gasteiger partial charge in [0.2, 0.25) is 35.4 Å². The summed E-state index contributed by atoms with van der Waals surface area (Å²) in [6, 6.07) is 14.6. The van der Waals surface area contributed by atoms with Gasteiger partial charge in [-0.05, 0) is 165 Å². The lowest BCUT2D eigenvalue weighted by Crippen LogP contribution is -2.58. The summed E-state index contributed by atoms with van der Waals surface area (Å²) < 4.78 is 31.9. The number of carbonyl (C=O) groups is 6. The predicted octanol–water partition coefficient (Wildman–Crippen LogP) is 6.29. The van der Waals surface area contributed by atoms with Crippen molar-refractivity contribution in [1.82, 2.24) is 71.7 Å². The predicted molar refractivity (Wildman–Crippen MR) is 317 cm³/mol. The number of hydrogen-bond acceptors (Lipinski definition) is 12. The summed E-state index contributed by atoms with van der Waals surface area (Å²) in [5.41, 5.74) is 4.65. The van der Waals surface area contributed by atoms with Crippen molar-refractivity contribution in [3.8, 4) is 0 Å². The Morgan fingerprint density at radius 3 is 1.65 bits per heavy atom. The maximum atomic E-state index is 14.3. The number of nitrogens with one attached hydrogen (secondary N) is 6. The van der Waals surface area contributed by atoms with E-state index in [2.05, 4.69) is 76.8 Å². The summed E-state index contributed by atoms with van der Waals surface area (Å²) in [6.07, 6.45) is 16.0. The number of unbranched alkanes of at least 4 members (excludes halogenated alkanes) is 3. The lowest BCUT2D eigenvalue weighted by molar-refractivity contribution is -0.144. The molecule has 10 atom stereocenters. The fourth-order valence-corrected chi connectivity index (χ4v) is 11.9. The van der Waals surface area contributed by atoms with E-state index in [0.29, 0.717) is 74.1 Å². The molecule has 458 valence electrons. The molecular weight excluding hydrogens is 1090 g/mol. The van der Waals surface area contributed by atoms with Crippen LogP contribution >= 0.6 is 0 Å². The van der Waals surface area contributed by atoms with Crippen molar-refractivity contribution in [3.05, 3.63) is 130 Å². The van der Waals surface area contributed by atoms with Crippen molar-refractivity contribution in [3.63, 3.8) is 0 Å². The molecule has 5 aromatic rings. The van der Waals surface area contributed by atoms with Crippen molar-refractivity contribution in [2.24, 2.45) is 0 Å². The molecule has 8 rings (SSSR count). The lowest BCUT2D eigenvalue weighted by atomic mass is 9.98. The first-order valence-corrected chi connectivity index (χ1v) is 30.6. The van der Waals surface area contributed by atoms with Crippen LogP contribution in [-0.2, 0) is 54.7 Å². The second-order valence-electron chi connectivity index (χ2n) is 23.3. The number of aromatic nitrogens is 6. The molecule has 3 aromatic carbocycles. The minimum Gasteiger partial charge on any atom is -0.343 e. The van der Waals surface area contributed by atoms with Crippen LogP contribution < -0.4 is 31.9 Å². The van der Waals surface area contributed by atoms with E-state index < -0.39 is 60.0 Å². The summed E-state index contributed by atoms with van der Waals surface area (Å²) in [5.74, 6) is -2.61. The van der Waals surface area contributed by atoms with Gasteiger partial charge in [-0.15, -0.1) is 10.2 Å². The Hall–Kier alpha value is -7.46. The Labute approximate surface area is 497 Å². The third-order valence-corrected chi connectivity index (χ3v) is 17.2. The molecule has 0 unspecified atom stereocenters. The molecule has 3 fully saturated rings. The van der Waals surface area contributed by atoms with Crippen LogP contribution in [0.25, 0.3) is 0 Å². The summed E-state index contributed by atoms with van der Waals surface area (Å²) in [5, 5.41) is 35.7. The molecule has 0 spiro atoms. The van der Waals surface area contributed by atoms with Gasteiger partial charge in [-0.2, -0.15) is 0 Å². The second-order valence-corrected chi connectivity index (χ2v) is 23.3. The van der Waals surface area contributed by atoms with Crippen LogP contribution in [0.5, 0.6) is 0 Å². The van der Waals surface area contributed by atoms with Crippen LogP contribution in [0.4, 0.5) is 8.78 Å². The van der Waals surface area contributed by atoms with Gasteiger partial charge in [0.25, 0.3) is 0 Å². The minimum absolute atomic E-state index is 0.108. The normalized spacial score (nSPS) is 20.6. The Morgan fingerprint density at radius 1 is 0.612 bits per heavy atom. The van der Waals surface area contributed by atoms with E-state index in [0.717, 1.165) is 70.6 Å². The monoisotopic (exact) mass is 1170 g/mol. The molecule has 2 aromatic heterocycles. The van der Waals surface area contributed by atoms with Gasteiger partial charge in [-0.25, -0.2) is 8.78 Å². The van der Waals surface area contributed by atoms with Crippen molar-refractivity contribution >= 4 is 35.4 Å².